The molecule has 1 heterocycles. The van der Waals surface area contributed by atoms with Crippen molar-refractivity contribution in [1.82, 2.24) is 4.90 Å². The molecule has 2 amide bonds. The molecule has 5 nitrogen and oxygen atoms in total. The Morgan fingerprint density at radius 3 is 2.38 bits per heavy atom. The van der Waals surface area contributed by atoms with Gasteiger partial charge in [-0.25, -0.2) is 9.59 Å². The molecule has 1 aliphatic heterocycles. The molecule has 0 unspecified atom stereocenters. The molecule has 0 spiro atoms. The maximum atomic E-state index is 12.2. The zero-order valence-corrected chi connectivity index (χ0v) is 12.7. The second-order valence-electron chi connectivity index (χ2n) is 6.45. The van der Waals surface area contributed by atoms with E-state index in [9.17, 15) is 9.59 Å². The molecule has 2 rings (SSSR count). The first-order chi connectivity index (χ1) is 9.79. The van der Waals surface area contributed by atoms with Crippen molar-refractivity contribution in [2.75, 3.05) is 11.9 Å². The van der Waals surface area contributed by atoms with Crippen molar-refractivity contribution in [2.24, 2.45) is 0 Å². The van der Waals surface area contributed by atoms with Gasteiger partial charge >= 0.3 is 12.0 Å². The number of anilines is 1. The van der Waals surface area contributed by atoms with Gasteiger partial charge in [0.25, 0.3) is 0 Å². The average Bonchev–Trinajstić information content (AvgIpc) is 2.87. The quantitative estimate of drug-likeness (QED) is 0.879. The topological polar surface area (TPSA) is 69.6 Å². The fourth-order valence-electron chi connectivity index (χ4n) is 2.52. The van der Waals surface area contributed by atoms with Gasteiger partial charge in [-0.15, -0.1) is 0 Å². The number of carboxylic acid groups (broad SMARTS) is 1. The number of carbonyl (C=O) groups is 2. The SMILES string of the molecule is CC(C)(C)c1ccc(NC(=O)N2CCC[C@H]2C(=O)O)cc1. The monoisotopic (exact) mass is 290 g/mol. The summed E-state index contributed by atoms with van der Waals surface area (Å²) < 4.78 is 0. The highest BCUT2D eigenvalue weighted by Crippen LogP contribution is 2.24. The summed E-state index contributed by atoms with van der Waals surface area (Å²) in [4.78, 5) is 24.7. The second-order valence-corrected chi connectivity index (χ2v) is 6.45. The molecule has 21 heavy (non-hydrogen) atoms. The van der Waals surface area contributed by atoms with Gasteiger partial charge in [0.05, 0.1) is 0 Å². The third kappa shape index (κ3) is 3.54. The van der Waals surface area contributed by atoms with E-state index in [0.717, 1.165) is 6.42 Å². The van der Waals surface area contributed by atoms with E-state index in [4.69, 9.17) is 5.11 Å². The fourth-order valence-corrected chi connectivity index (χ4v) is 2.52. The van der Waals surface area contributed by atoms with E-state index in [1.54, 1.807) is 0 Å². The molecule has 1 saturated heterocycles. The molecule has 0 saturated carbocycles. The van der Waals surface area contributed by atoms with Crippen LogP contribution in [0.3, 0.4) is 0 Å². The van der Waals surface area contributed by atoms with Gasteiger partial charge < -0.3 is 15.3 Å². The normalized spacial score (nSPS) is 18.6. The molecule has 0 radical (unpaired) electrons. The summed E-state index contributed by atoms with van der Waals surface area (Å²) >= 11 is 0. The first-order valence-corrected chi connectivity index (χ1v) is 7.20. The maximum absolute atomic E-state index is 12.2. The number of amides is 2. The largest absolute Gasteiger partial charge is 0.480 e. The Morgan fingerprint density at radius 2 is 1.86 bits per heavy atom. The molecule has 5 heteroatoms. The number of nitrogens with one attached hydrogen (secondary N) is 1. The summed E-state index contributed by atoms with van der Waals surface area (Å²) in [5.74, 6) is -0.939. The lowest BCUT2D eigenvalue weighted by atomic mass is 9.87. The number of urea groups is 1. The standard InChI is InChI=1S/C16H22N2O3/c1-16(2,3)11-6-8-12(9-7-11)17-15(21)18-10-4-5-13(18)14(19)20/h6-9,13H,4-5,10H2,1-3H3,(H,17,21)(H,19,20)/t13-/m0/s1. The van der Waals surface area contributed by atoms with Crippen LogP contribution in [0.5, 0.6) is 0 Å². The highest BCUT2D eigenvalue weighted by atomic mass is 16.4. The number of hydrogen-bond acceptors (Lipinski definition) is 2. The number of likely N-dealkylation sites (tertiary alicyclic amines) is 1. The molecule has 0 aromatic heterocycles. The molecule has 114 valence electrons. The van der Waals surface area contributed by atoms with Crippen molar-refractivity contribution in [1.29, 1.82) is 0 Å². The molecule has 1 aliphatic rings. The van der Waals surface area contributed by atoms with Crippen LogP contribution in [0.1, 0.15) is 39.2 Å². The van der Waals surface area contributed by atoms with Crippen molar-refractivity contribution in [3.05, 3.63) is 29.8 Å². The summed E-state index contributed by atoms with van der Waals surface area (Å²) in [6, 6.07) is 6.61. The summed E-state index contributed by atoms with van der Waals surface area (Å²) in [6.07, 6.45) is 1.25. The van der Waals surface area contributed by atoms with Crippen LogP contribution in [0.15, 0.2) is 24.3 Å². The third-order valence-corrected chi connectivity index (χ3v) is 3.80. The summed E-state index contributed by atoms with van der Waals surface area (Å²) in [5.41, 5.74) is 1.93. The van der Waals surface area contributed by atoms with Crippen LogP contribution in [-0.4, -0.2) is 34.6 Å². The number of aliphatic carboxylic acids is 1. The zero-order chi connectivity index (χ0) is 15.6. The highest BCUT2D eigenvalue weighted by Gasteiger charge is 2.33. The Kier molecular flexibility index (Phi) is 4.21. The van der Waals surface area contributed by atoms with Crippen LogP contribution in [0.4, 0.5) is 10.5 Å². The molecular weight excluding hydrogens is 268 g/mol. The van der Waals surface area contributed by atoms with E-state index >= 15 is 0 Å². The molecule has 1 aromatic rings. The lowest BCUT2D eigenvalue weighted by Gasteiger charge is -2.22. The van der Waals surface area contributed by atoms with Crippen molar-refractivity contribution < 1.29 is 14.7 Å². The van der Waals surface area contributed by atoms with Gasteiger partial charge in [-0.1, -0.05) is 32.9 Å². The predicted molar refractivity (Wildman–Crippen MR) is 81.5 cm³/mol. The lowest BCUT2D eigenvalue weighted by molar-refractivity contribution is -0.141. The molecule has 0 bridgehead atoms. The fraction of sp³-hybridized carbons (Fsp3) is 0.500. The molecule has 1 aromatic carbocycles. The number of benzene rings is 1. The Balaban J connectivity index is 2.04. The molecular formula is C16H22N2O3. The van der Waals surface area contributed by atoms with Crippen molar-refractivity contribution in [3.8, 4) is 0 Å². The van der Waals surface area contributed by atoms with Crippen molar-refractivity contribution in [3.63, 3.8) is 0 Å². The van der Waals surface area contributed by atoms with Crippen molar-refractivity contribution in [2.45, 2.75) is 45.1 Å². The molecule has 0 aliphatic carbocycles. The van der Waals surface area contributed by atoms with Gasteiger partial charge in [-0.3, -0.25) is 0 Å². The predicted octanol–water partition coefficient (Wildman–Crippen LogP) is 3.07. The molecule has 2 N–H and O–H groups in total. The minimum atomic E-state index is -0.939. The number of rotatable bonds is 2. The molecule has 1 atom stereocenters. The lowest BCUT2D eigenvalue weighted by Crippen LogP contribution is -2.42. The first kappa shape index (κ1) is 15.4. The number of carbonyl (C=O) groups excluding carboxylic acids is 1. The van der Waals surface area contributed by atoms with Gasteiger partial charge in [-0.2, -0.15) is 0 Å². The van der Waals surface area contributed by atoms with Crippen LogP contribution < -0.4 is 5.32 Å². The molecule has 1 fully saturated rings. The van der Waals surface area contributed by atoms with E-state index in [1.807, 2.05) is 24.3 Å². The van der Waals surface area contributed by atoms with Crippen LogP contribution in [-0.2, 0) is 10.2 Å². The number of hydrogen-bond donors (Lipinski definition) is 2. The van der Waals surface area contributed by atoms with Crippen LogP contribution in [0, 0.1) is 0 Å². The van der Waals surface area contributed by atoms with Gasteiger partial charge in [0.15, 0.2) is 0 Å². The Labute approximate surface area is 125 Å². The van der Waals surface area contributed by atoms with E-state index in [-0.39, 0.29) is 11.4 Å². The van der Waals surface area contributed by atoms with E-state index in [0.29, 0.717) is 18.7 Å². The van der Waals surface area contributed by atoms with Gasteiger partial charge in [0, 0.05) is 12.2 Å². The Bertz CT molecular complexity index is 531. The van der Waals surface area contributed by atoms with Crippen LogP contribution in [0.25, 0.3) is 0 Å². The summed E-state index contributed by atoms with van der Waals surface area (Å²) in [5, 5.41) is 11.9. The van der Waals surface area contributed by atoms with E-state index in [1.165, 1.54) is 10.5 Å². The van der Waals surface area contributed by atoms with E-state index < -0.39 is 12.0 Å². The summed E-state index contributed by atoms with van der Waals surface area (Å²) in [7, 11) is 0. The number of nitrogens with zero attached hydrogens (tertiary/aromatic N) is 1. The summed E-state index contributed by atoms with van der Waals surface area (Å²) in [6.45, 7) is 6.87. The highest BCUT2D eigenvalue weighted by molar-refractivity contribution is 5.92. The van der Waals surface area contributed by atoms with Crippen LogP contribution >= 0.6 is 0 Å². The van der Waals surface area contributed by atoms with Gasteiger partial charge in [0.2, 0.25) is 0 Å². The maximum Gasteiger partial charge on any atom is 0.326 e. The average molecular weight is 290 g/mol. The van der Waals surface area contributed by atoms with Crippen molar-refractivity contribution >= 4 is 17.7 Å². The number of carboxylic acids is 1. The van der Waals surface area contributed by atoms with Gasteiger partial charge in [0.1, 0.15) is 6.04 Å². The third-order valence-electron chi connectivity index (χ3n) is 3.80. The first-order valence-electron chi connectivity index (χ1n) is 7.20. The zero-order valence-electron chi connectivity index (χ0n) is 12.7. The minimum absolute atomic E-state index is 0.0614. The minimum Gasteiger partial charge on any atom is -0.480 e. The Hall–Kier alpha value is -2.04. The van der Waals surface area contributed by atoms with E-state index in [2.05, 4.69) is 26.1 Å². The Morgan fingerprint density at radius 1 is 1.24 bits per heavy atom. The second kappa shape index (κ2) is 5.76. The van der Waals surface area contributed by atoms with Crippen LogP contribution in [0.2, 0.25) is 0 Å². The smallest absolute Gasteiger partial charge is 0.326 e. The van der Waals surface area contributed by atoms with Gasteiger partial charge in [-0.05, 0) is 36.0 Å².